The minimum absolute atomic E-state index is 0.0821. The average Bonchev–Trinajstić information content (AvgIpc) is 2.57. The van der Waals surface area contributed by atoms with Gasteiger partial charge in [0.2, 0.25) is 11.8 Å². The van der Waals surface area contributed by atoms with Crippen LogP contribution in [-0.2, 0) is 4.79 Å². The molecule has 5 N–H and O–H groups in total. The summed E-state index contributed by atoms with van der Waals surface area (Å²) in [4.78, 5) is 28.0. The van der Waals surface area contributed by atoms with E-state index in [-0.39, 0.29) is 11.9 Å². The molecule has 1 aromatic carbocycles. The Hall–Kier alpha value is -2.73. The van der Waals surface area contributed by atoms with Crippen LogP contribution in [-0.4, -0.2) is 16.8 Å². The molecule has 6 heteroatoms. The second-order valence-electron chi connectivity index (χ2n) is 5.99. The second kappa shape index (κ2) is 6.80. The van der Waals surface area contributed by atoms with Crippen molar-refractivity contribution in [1.82, 2.24) is 4.98 Å². The monoisotopic (exact) mass is 324 g/mol. The van der Waals surface area contributed by atoms with E-state index in [1.54, 1.807) is 24.4 Å². The Morgan fingerprint density at radius 2 is 2.04 bits per heavy atom. The molecule has 0 radical (unpaired) electrons. The number of nitrogens with two attached hydrogens (primary N) is 2. The van der Waals surface area contributed by atoms with Crippen molar-refractivity contribution in [3.8, 4) is 11.1 Å². The smallest absolute Gasteiger partial charge is 0.248 e. The number of primary amides is 1. The Morgan fingerprint density at radius 3 is 2.83 bits per heavy atom. The summed E-state index contributed by atoms with van der Waals surface area (Å²) >= 11 is 0. The number of fused-ring (bicyclic) bond motifs is 4. The zero-order valence-corrected chi connectivity index (χ0v) is 13.3. The second-order valence-corrected chi connectivity index (χ2v) is 5.99. The summed E-state index contributed by atoms with van der Waals surface area (Å²) in [7, 11) is 0. The fourth-order valence-corrected chi connectivity index (χ4v) is 2.88. The van der Waals surface area contributed by atoms with Gasteiger partial charge in [0.25, 0.3) is 0 Å². The summed E-state index contributed by atoms with van der Waals surface area (Å²) in [5.74, 6) is -0.614. The van der Waals surface area contributed by atoms with Crippen molar-refractivity contribution < 1.29 is 9.59 Å². The molecule has 3 rings (SSSR count). The molecule has 0 spiro atoms. The third kappa shape index (κ3) is 3.44. The fourth-order valence-electron chi connectivity index (χ4n) is 2.88. The first kappa shape index (κ1) is 16.1. The summed E-state index contributed by atoms with van der Waals surface area (Å²) in [5.41, 5.74) is 15.0. The Bertz CT molecular complexity index is 788. The molecule has 2 aromatic rings. The zero-order chi connectivity index (χ0) is 17.1. The van der Waals surface area contributed by atoms with Crippen LogP contribution < -0.4 is 16.8 Å². The quantitative estimate of drug-likeness (QED) is 0.747. The van der Waals surface area contributed by atoms with E-state index in [0.717, 1.165) is 36.1 Å². The van der Waals surface area contributed by atoms with Crippen LogP contribution in [0.3, 0.4) is 0 Å². The number of nitrogens with one attached hydrogen (secondary N) is 1. The topological polar surface area (TPSA) is 111 Å². The van der Waals surface area contributed by atoms with Crippen molar-refractivity contribution in [2.75, 3.05) is 5.32 Å². The van der Waals surface area contributed by atoms with Crippen LogP contribution in [0, 0.1) is 0 Å². The number of rotatable bonds is 1. The highest BCUT2D eigenvalue weighted by Gasteiger charge is 2.15. The van der Waals surface area contributed by atoms with E-state index in [1.807, 2.05) is 12.1 Å². The van der Waals surface area contributed by atoms with Gasteiger partial charge in [0, 0.05) is 35.5 Å². The molecule has 24 heavy (non-hydrogen) atoms. The predicted molar refractivity (Wildman–Crippen MR) is 92.2 cm³/mol. The van der Waals surface area contributed by atoms with Crippen molar-refractivity contribution in [1.29, 1.82) is 0 Å². The molecule has 0 fully saturated rings. The molecule has 1 aromatic heterocycles. The summed E-state index contributed by atoms with van der Waals surface area (Å²) < 4.78 is 0. The van der Waals surface area contributed by atoms with Gasteiger partial charge in [-0.3, -0.25) is 14.6 Å². The molecule has 6 nitrogen and oxygen atoms in total. The third-order valence-electron chi connectivity index (χ3n) is 4.22. The molecule has 124 valence electrons. The van der Waals surface area contributed by atoms with Crippen LogP contribution in [0.2, 0.25) is 0 Å². The lowest BCUT2D eigenvalue weighted by molar-refractivity contribution is -0.116. The molecule has 0 aliphatic carbocycles. The number of anilines is 1. The van der Waals surface area contributed by atoms with E-state index in [1.165, 1.54) is 0 Å². The van der Waals surface area contributed by atoms with Crippen molar-refractivity contribution in [2.24, 2.45) is 11.5 Å². The standard InChI is InChI=1S/C18H20N4O2/c19-14-3-1-2-4-17(23)22-15-10-12(18(20)24)5-6-13(15)11-7-8-21-16(14)9-11/h5-10,14H,1-4,19H2,(H2,20,24)(H,22,23)/t14-/m0/s1. The molecule has 1 aliphatic heterocycles. The molecule has 1 atom stereocenters. The largest absolute Gasteiger partial charge is 0.366 e. The number of benzene rings is 1. The Kier molecular flexibility index (Phi) is 4.57. The minimum atomic E-state index is -0.532. The highest BCUT2D eigenvalue weighted by molar-refractivity contribution is 6.00. The van der Waals surface area contributed by atoms with Gasteiger partial charge in [-0.2, -0.15) is 0 Å². The molecule has 2 heterocycles. The van der Waals surface area contributed by atoms with Crippen molar-refractivity contribution in [3.63, 3.8) is 0 Å². The number of hydrogen-bond donors (Lipinski definition) is 3. The number of carbonyl (C=O) groups excluding carboxylic acids is 2. The van der Waals surface area contributed by atoms with Gasteiger partial charge in [-0.05, 0) is 42.7 Å². The third-order valence-corrected chi connectivity index (χ3v) is 4.22. The van der Waals surface area contributed by atoms with Gasteiger partial charge in [-0.25, -0.2) is 0 Å². The van der Waals surface area contributed by atoms with Crippen LogP contribution in [0.1, 0.15) is 47.8 Å². The van der Waals surface area contributed by atoms with Crippen LogP contribution >= 0.6 is 0 Å². The maximum Gasteiger partial charge on any atom is 0.248 e. The Balaban J connectivity index is 2.13. The van der Waals surface area contributed by atoms with Gasteiger partial charge in [0.05, 0.1) is 5.69 Å². The van der Waals surface area contributed by atoms with E-state index in [0.29, 0.717) is 17.7 Å². The minimum Gasteiger partial charge on any atom is -0.366 e. The first-order valence-electron chi connectivity index (χ1n) is 8.00. The maximum absolute atomic E-state index is 12.2. The molecular formula is C18H20N4O2. The van der Waals surface area contributed by atoms with Gasteiger partial charge in [-0.1, -0.05) is 12.5 Å². The number of amides is 2. The number of hydrogen-bond acceptors (Lipinski definition) is 4. The zero-order valence-electron chi connectivity index (χ0n) is 13.3. The van der Waals surface area contributed by atoms with Crippen LogP contribution in [0.5, 0.6) is 0 Å². The molecule has 0 saturated heterocycles. The number of aromatic nitrogens is 1. The van der Waals surface area contributed by atoms with Gasteiger partial charge < -0.3 is 16.8 Å². The molecule has 2 bridgehead atoms. The molecule has 2 amide bonds. The normalized spacial score (nSPS) is 17.9. The SMILES string of the molecule is NC(=O)c1ccc2c(c1)NC(=O)CCCC[C@H](N)c1cc-2ccn1. The van der Waals surface area contributed by atoms with E-state index in [9.17, 15) is 9.59 Å². The summed E-state index contributed by atoms with van der Waals surface area (Å²) in [6.45, 7) is 0. The average molecular weight is 324 g/mol. The highest BCUT2D eigenvalue weighted by Crippen LogP contribution is 2.31. The van der Waals surface area contributed by atoms with Crippen LogP contribution in [0.15, 0.2) is 36.5 Å². The molecule has 0 unspecified atom stereocenters. The fraction of sp³-hybridized carbons (Fsp3) is 0.278. The Morgan fingerprint density at radius 1 is 1.21 bits per heavy atom. The summed E-state index contributed by atoms with van der Waals surface area (Å²) in [5, 5.41) is 2.90. The van der Waals surface area contributed by atoms with Crippen LogP contribution in [0.25, 0.3) is 11.1 Å². The van der Waals surface area contributed by atoms with Gasteiger partial charge in [0.1, 0.15) is 0 Å². The van der Waals surface area contributed by atoms with Crippen molar-refractivity contribution in [3.05, 3.63) is 47.8 Å². The first-order chi connectivity index (χ1) is 11.5. The van der Waals surface area contributed by atoms with E-state index in [2.05, 4.69) is 10.3 Å². The molecule has 0 saturated carbocycles. The summed E-state index contributed by atoms with van der Waals surface area (Å²) in [6.07, 6.45) is 4.52. The van der Waals surface area contributed by atoms with E-state index >= 15 is 0 Å². The molecule has 1 aliphatic rings. The molecular weight excluding hydrogens is 304 g/mol. The first-order valence-corrected chi connectivity index (χ1v) is 8.00. The lowest BCUT2D eigenvalue weighted by Crippen LogP contribution is -2.16. The number of pyridine rings is 1. The van der Waals surface area contributed by atoms with Gasteiger partial charge in [-0.15, -0.1) is 0 Å². The number of nitrogens with zero attached hydrogens (tertiary/aromatic N) is 1. The van der Waals surface area contributed by atoms with Gasteiger partial charge in [0.15, 0.2) is 0 Å². The lowest BCUT2D eigenvalue weighted by Gasteiger charge is -2.17. The lowest BCUT2D eigenvalue weighted by atomic mass is 9.98. The van der Waals surface area contributed by atoms with Crippen LogP contribution in [0.4, 0.5) is 5.69 Å². The number of carbonyl (C=O) groups is 2. The van der Waals surface area contributed by atoms with E-state index < -0.39 is 5.91 Å². The maximum atomic E-state index is 12.2. The van der Waals surface area contributed by atoms with Crippen molar-refractivity contribution >= 4 is 17.5 Å². The highest BCUT2D eigenvalue weighted by atomic mass is 16.2. The Labute approximate surface area is 140 Å². The van der Waals surface area contributed by atoms with E-state index in [4.69, 9.17) is 11.5 Å². The predicted octanol–water partition coefficient (Wildman–Crippen LogP) is 2.36. The summed E-state index contributed by atoms with van der Waals surface area (Å²) in [6, 6.07) is 8.69. The van der Waals surface area contributed by atoms with Crippen molar-refractivity contribution in [2.45, 2.75) is 31.7 Å². The van der Waals surface area contributed by atoms with Gasteiger partial charge >= 0.3 is 0 Å².